The van der Waals surface area contributed by atoms with E-state index >= 15 is 0 Å². The number of benzene rings is 1. The summed E-state index contributed by atoms with van der Waals surface area (Å²) in [5, 5.41) is 3.59. The molecule has 0 bridgehead atoms. The van der Waals surface area contributed by atoms with Crippen LogP contribution >= 0.6 is 0 Å². The third-order valence-electron chi connectivity index (χ3n) is 3.87. The van der Waals surface area contributed by atoms with Gasteiger partial charge in [-0.3, -0.25) is 0 Å². The summed E-state index contributed by atoms with van der Waals surface area (Å²) in [6, 6.07) is 4.55. The first-order valence-corrected chi connectivity index (χ1v) is 7.12. The normalized spacial score (nSPS) is 12.8. The Kier molecular flexibility index (Phi) is 4.81. The van der Waals surface area contributed by atoms with Crippen molar-refractivity contribution >= 4 is 0 Å². The minimum Gasteiger partial charge on any atom is -0.329 e. The molecule has 0 aliphatic carbocycles. The molecule has 2 heteroatoms. The minimum absolute atomic E-state index is 0.0101. The second-order valence-electron chi connectivity index (χ2n) is 7.10. The molecule has 0 radical (unpaired) electrons. The van der Waals surface area contributed by atoms with Crippen LogP contribution in [0.2, 0.25) is 0 Å². The number of hydrogen-bond acceptors (Lipinski definition) is 2. The van der Waals surface area contributed by atoms with Crippen molar-refractivity contribution in [3.05, 3.63) is 34.4 Å². The van der Waals surface area contributed by atoms with Gasteiger partial charge in [-0.1, -0.05) is 31.5 Å². The monoisotopic (exact) mass is 262 g/mol. The molecule has 1 aromatic carbocycles. The summed E-state index contributed by atoms with van der Waals surface area (Å²) in [5.41, 5.74) is 11.4. The summed E-state index contributed by atoms with van der Waals surface area (Å²) in [6.45, 7) is 17.1. The van der Waals surface area contributed by atoms with E-state index < -0.39 is 0 Å². The Morgan fingerprint density at radius 1 is 1.00 bits per heavy atom. The Bertz CT molecular complexity index is 422. The Morgan fingerprint density at radius 3 is 1.89 bits per heavy atom. The lowest BCUT2D eigenvalue weighted by atomic mass is 9.78. The molecule has 0 spiro atoms. The van der Waals surface area contributed by atoms with Crippen molar-refractivity contribution in [3.63, 3.8) is 0 Å². The fraction of sp³-hybridized carbons (Fsp3) is 0.647. The van der Waals surface area contributed by atoms with E-state index in [1.165, 1.54) is 22.3 Å². The van der Waals surface area contributed by atoms with Gasteiger partial charge in [-0.2, -0.15) is 0 Å². The molecule has 0 amide bonds. The zero-order valence-corrected chi connectivity index (χ0v) is 13.6. The smallest absolute Gasteiger partial charge is 0.0247 e. The Balaban J connectivity index is 3.01. The van der Waals surface area contributed by atoms with E-state index in [4.69, 9.17) is 5.73 Å². The van der Waals surface area contributed by atoms with Crippen molar-refractivity contribution in [3.8, 4) is 0 Å². The number of aryl methyl sites for hydroxylation is 3. The van der Waals surface area contributed by atoms with Crippen LogP contribution in [0.1, 0.15) is 49.9 Å². The summed E-state index contributed by atoms with van der Waals surface area (Å²) in [6.07, 6.45) is 0. The van der Waals surface area contributed by atoms with Gasteiger partial charge in [0.15, 0.2) is 0 Å². The maximum Gasteiger partial charge on any atom is 0.0247 e. The molecule has 108 valence electrons. The maximum atomic E-state index is 5.79. The highest BCUT2D eigenvalue weighted by Gasteiger charge is 2.27. The Labute approximate surface area is 118 Å². The highest BCUT2D eigenvalue weighted by atomic mass is 15.0. The highest BCUT2D eigenvalue weighted by molar-refractivity contribution is 5.42. The summed E-state index contributed by atoms with van der Waals surface area (Å²) in [5.74, 6) is 0. The lowest BCUT2D eigenvalue weighted by Gasteiger charge is -2.34. The summed E-state index contributed by atoms with van der Waals surface area (Å²) < 4.78 is 0. The van der Waals surface area contributed by atoms with Gasteiger partial charge in [0.1, 0.15) is 0 Å². The summed E-state index contributed by atoms with van der Waals surface area (Å²) in [4.78, 5) is 0. The van der Waals surface area contributed by atoms with E-state index in [1.54, 1.807) is 0 Å². The van der Waals surface area contributed by atoms with E-state index in [0.717, 1.165) is 6.54 Å². The molecule has 1 aromatic rings. The van der Waals surface area contributed by atoms with Crippen molar-refractivity contribution in [2.75, 3.05) is 13.1 Å². The van der Waals surface area contributed by atoms with E-state index in [9.17, 15) is 0 Å². The molecule has 3 N–H and O–H groups in total. The molecule has 0 fully saturated rings. The molecule has 0 aliphatic rings. The fourth-order valence-electron chi connectivity index (χ4n) is 2.87. The zero-order valence-electron chi connectivity index (χ0n) is 13.6. The molecule has 0 aromatic heterocycles. The van der Waals surface area contributed by atoms with Gasteiger partial charge >= 0.3 is 0 Å². The quantitative estimate of drug-likeness (QED) is 0.855. The van der Waals surface area contributed by atoms with Gasteiger partial charge in [-0.15, -0.1) is 0 Å². The van der Waals surface area contributed by atoms with Crippen molar-refractivity contribution < 1.29 is 0 Å². The average molecular weight is 262 g/mol. The van der Waals surface area contributed by atoms with Crippen LogP contribution in [0.15, 0.2) is 12.1 Å². The predicted octanol–water partition coefficient (Wildman–Crippen LogP) is 3.22. The van der Waals surface area contributed by atoms with Crippen molar-refractivity contribution in [1.29, 1.82) is 0 Å². The first-order valence-electron chi connectivity index (χ1n) is 7.12. The van der Waals surface area contributed by atoms with E-state index in [2.05, 4.69) is 65.9 Å². The molecule has 0 saturated heterocycles. The predicted molar refractivity (Wildman–Crippen MR) is 84.8 cm³/mol. The molecule has 2 nitrogen and oxygen atoms in total. The highest BCUT2D eigenvalue weighted by Crippen LogP contribution is 2.30. The minimum atomic E-state index is -0.0101. The van der Waals surface area contributed by atoms with Gasteiger partial charge < -0.3 is 11.1 Å². The number of nitrogens with one attached hydrogen (secondary N) is 1. The molecular formula is C17H30N2. The summed E-state index contributed by atoms with van der Waals surface area (Å²) >= 11 is 0. The molecule has 0 aliphatic heterocycles. The number of nitrogens with two attached hydrogens (primary N) is 1. The Hall–Kier alpha value is -0.860. The first-order chi connectivity index (χ1) is 8.59. The fourth-order valence-corrected chi connectivity index (χ4v) is 2.87. The molecule has 1 rings (SSSR count). The molecule has 0 heterocycles. The SMILES string of the molecule is Cc1cc(C)c(C(C)(C)CNC(C)(C)CN)c(C)c1. The Morgan fingerprint density at radius 2 is 1.47 bits per heavy atom. The third-order valence-corrected chi connectivity index (χ3v) is 3.87. The average Bonchev–Trinajstić information content (AvgIpc) is 2.25. The molecule has 0 unspecified atom stereocenters. The molecule has 0 atom stereocenters. The van der Waals surface area contributed by atoms with Crippen LogP contribution in [-0.4, -0.2) is 18.6 Å². The van der Waals surface area contributed by atoms with Crippen LogP contribution in [-0.2, 0) is 5.41 Å². The van der Waals surface area contributed by atoms with E-state index in [0.29, 0.717) is 6.54 Å². The first kappa shape index (κ1) is 16.2. The van der Waals surface area contributed by atoms with Crippen LogP contribution in [0, 0.1) is 20.8 Å². The van der Waals surface area contributed by atoms with Gasteiger partial charge in [-0.05, 0) is 51.3 Å². The second-order valence-corrected chi connectivity index (χ2v) is 7.10. The van der Waals surface area contributed by atoms with Gasteiger partial charge in [0.25, 0.3) is 0 Å². The van der Waals surface area contributed by atoms with Crippen LogP contribution in [0.25, 0.3) is 0 Å². The largest absolute Gasteiger partial charge is 0.329 e. The second kappa shape index (κ2) is 5.64. The van der Waals surface area contributed by atoms with Gasteiger partial charge in [0.05, 0.1) is 0 Å². The lowest BCUT2D eigenvalue weighted by Crippen LogP contribution is -2.50. The van der Waals surface area contributed by atoms with Crippen LogP contribution in [0.3, 0.4) is 0 Å². The van der Waals surface area contributed by atoms with Gasteiger partial charge in [0.2, 0.25) is 0 Å². The number of hydrogen-bond donors (Lipinski definition) is 2. The van der Waals surface area contributed by atoms with Crippen LogP contribution in [0.5, 0.6) is 0 Å². The van der Waals surface area contributed by atoms with E-state index in [-0.39, 0.29) is 11.0 Å². The van der Waals surface area contributed by atoms with Gasteiger partial charge in [-0.25, -0.2) is 0 Å². The van der Waals surface area contributed by atoms with Gasteiger partial charge in [0, 0.05) is 24.0 Å². The maximum absolute atomic E-state index is 5.79. The molecular weight excluding hydrogens is 232 g/mol. The summed E-state index contributed by atoms with van der Waals surface area (Å²) in [7, 11) is 0. The molecule has 0 saturated carbocycles. The topological polar surface area (TPSA) is 38.0 Å². The van der Waals surface area contributed by atoms with Crippen molar-refractivity contribution in [2.24, 2.45) is 5.73 Å². The van der Waals surface area contributed by atoms with Crippen molar-refractivity contribution in [2.45, 2.75) is 59.4 Å². The van der Waals surface area contributed by atoms with Crippen molar-refractivity contribution in [1.82, 2.24) is 5.32 Å². The van der Waals surface area contributed by atoms with Crippen LogP contribution < -0.4 is 11.1 Å². The van der Waals surface area contributed by atoms with E-state index in [1.807, 2.05) is 0 Å². The molecule has 19 heavy (non-hydrogen) atoms. The zero-order chi connectivity index (χ0) is 14.8. The third kappa shape index (κ3) is 4.05. The van der Waals surface area contributed by atoms with Crippen LogP contribution in [0.4, 0.5) is 0 Å². The lowest BCUT2D eigenvalue weighted by molar-refractivity contribution is 0.345. The number of rotatable bonds is 5. The standard InChI is InChI=1S/C17H30N2/c1-12-8-13(2)15(14(3)9-12)16(4,5)11-19-17(6,7)10-18/h8-9,19H,10-11,18H2,1-7H3.